The van der Waals surface area contributed by atoms with Crippen LogP contribution in [0.1, 0.15) is 25.0 Å². The van der Waals surface area contributed by atoms with Crippen molar-refractivity contribution in [1.29, 1.82) is 0 Å². The summed E-state index contributed by atoms with van der Waals surface area (Å²) in [4.78, 5) is 5.90. The quantitative estimate of drug-likeness (QED) is 0.575. The smallest absolute Gasteiger partial charge is 0.105 e. The molecule has 0 radical (unpaired) electrons. The molecule has 27 heavy (non-hydrogen) atoms. The molecule has 0 aromatic heterocycles. The van der Waals surface area contributed by atoms with E-state index >= 15 is 0 Å². The number of anilines is 1. The molecule has 0 saturated carbocycles. The lowest BCUT2D eigenvalue weighted by Gasteiger charge is -2.17. The first-order valence-electron chi connectivity index (χ1n) is 9.27. The normalized spacial score (nSPS) is 16.3. The third-order valence-electron chi connectivity index (χ3n) is 4.86. The fourth-order valence-corrected chi connectivity index (χ4v) is 3.85. The van der Waals surface area contributed by atoms with Crippen LogP contribution in [0.25, 0.3) is 11.1 Å². The molecule has 1 atom stereocenters. The van der Waals surface area contributed by atoms with Gasteiger partial charge in [-0.2, -0.15) is 0 Å². The number of nitrogens with zero attached hydrogens (tertiary/aromatic N) is 1. The molecule has 3 heteroatoms. The van der Waals surface area contributed by atoms with Crippen molar-refractivity contribution in [1.82, 2.24) is 0 Å². The van der Waals surface area contributed by atoms with E-state index in [1.165, 1.54) is 11.1 Å². The zero-order valence-corrected chi connectivity index (χ0v) is 16.3. The Kier molecular flexibility index (Phi) is 4.87. The summed E-state index contributed by atoms with van der Waals surface area (Å²) >= 11 is 5.68. The van der Waals surface area contributed by atoms with E-state index in [9.17, 15) is 0 Å². The van der Waals surface area contributed by atoms with E-state index in [1.54, 1.807) is 0 Å². The van der Waals surface area contributed by atoms with E-state index < -0.39 is 0 Å². The average Bonchev–Trinajstić information content (AvgIpc) is 2.85. The fraction of sp³-hybridized carbons (Fsp3) is 0.167. The van der Waals surface area contributed by atoms with Crippen LogP contribution in [-0.4, -0.2) is 16.7 Å². The molecule has 0 unspecified atom stereocenters. The van der Waals surface area contributed by atoms with Gasteiger partial charge in [0.25, 0.3) is 0 Å². The molecule has 3 aromatic rings. The number of nitrogens with one attached hydrogen (secondary N) is 1. The number of aliphatic imine (C=N–C) groups is 1. The maximum atomic E-state index is 5.68. The Balaban J connectivity index is 1.92. The van der Waals surface area contributed by atoms with Crippen LogP contribution in [0.5, 0.6) is 0 Å². The van der Waals surface area contributed by atoms with Crippen molar-refractivity contribution in [2.24, 2.45) is 10.9 Å². The number of rotatable bonds is 3. The number of benzene rings is 3. The second kappa shape index (κ2) is 7.45. The molecule has 0 aliphatic carbocycles. The Morgan fingerprint density at radius 2 is 1.44 bits per heavy atom. The third-order valence-corrected chi connectivity index (χ3v) is 5.20. The van der Waals surface area contributed by atoms with Gasteiger partial charge >= 0.3 is 0 Å². The number of thiocarbonyl (C=S) groups is 1. The van der Waals surface area contributed by atoms with Crippen LogP contribution in [0.2, 0.25) is 0 Å². The second-order valence-corrected chi connectivity index (χ2v) is 7.59. The summed E-state index contributed by atoms with van der Waals surface area (Å²) in [6.45, 7) is 4.33. The minimum Gasteiger partial charge on any atom is -0.348 e. The minimum atomic E-state index is -0.0391. The van der Waals surface area contributed by atoms with Crippen molar-refractivity contribution < 1.29 is 0 Å². The average molecular weight is 371 g/mol. The third kappa shape index (κ3) is 3.56. The Morgan fingerprint density at radius 3 is 2.07 bits per heavy atom. The van der Waals surface area contributed by atoms with Crippen LogP contribution in [-0.2, 0) is 0 Å². The molecule has 0 bridgehead atoms. The first-order chi connectivity index (χ1) is 13.1. The summed E-state index contributed by atoms with van der Waals surface area (Å²) in [5.41, 5.74) is 6.59. The van der Waals surface area contributed by atoms with Crippen molar-refractivity contribution >= 4 is 28.6 Å². The van der Waals surface area contributed by atoms with Crippen molar-refractivity contribution in [2.45, 2.75) is 19.9 Å². The van der Waals surface area contributed by atoms with Crippen LogP contribution in [0.3, 0.4) is 0 Å². The molecule has 1 aliphatic heterocycles. The van der Waals surface area contributed by atoms with E-state index in [-0.39, 0.29) is 6.04 Å². The van der Waals surface area contributed by atoms with Crippen LogP contribution < -0.4 is 5.32 Å². The summed E-state index contributed by atoms with van der Waals surface area (Å²) in [5, 5.41) is 3.45. The standard InChI is InChI=1S/C24H22N2S/c1-16(2)22-24(27)25-21-14-13-19(17-9-5-3-6-10-17)15-20(21)23(26-22)18-11-7-4-8-12-18/h3-16,22H,1-2H3,(H,25,27)/t22-/m0/s1. The van der Waals surface area contributed by atoms with Crippen molar-refractivity contribution in [3.8, 4) is 11.1 Å². The molecule has 1 N–H and O–H groups in total. The molecule has 0 fully saturated rings. The van der Waals surface area contributed by atoms with Crippen molar-refractivity contribution in [3.63, 3.8) is 0 Å². The first-order valence-corrected chi connectivity index (χ1v) is 9.68. The second-order valence-electron chi connectivity index (χ2n) is 7.15. The van der Waals surface area contributed by atoms with E-state index in [2.05, 4.69) is 85.9 Å². The van der Waals surface area contributed by atoms with E-state index in [0.29, 0.717) is 5.92 Å². The van der Waals surface area contributed by atoms with Crippen LogP contribution in [0, 0.1) is 5.92 Å². The molecular formula is C24H22N2S. The van der Waals surface area contributed by atoms with Gasteiger partial charge in [0.2, 0.25) is 0 Å². The first kappa shape index (κ1) is 17.6. The van der Waals surface area contributed by atoms with Gasteiger partial charge < -0.3 is 5.32 Å². The topological polar surface area (TPSA) is 24.4 Å². The zero-order chi connectivity index (χ0) is 18.8. The molecule has 2 nitrogen and oxygen atoms in total. The Bertz CT molecular complexity index is 991. The number of hydrogen-bond acceptors (Lipinski definition) is 2. The predicted octanol–water partition coefficient (Wildman–Crippen LogP) is 5.97. The largest absolute Gasteiger partial charge is 0.348 e. The van der Waals surface area contributed by atoms with Gasteiger partial charge in [0.05, 0.1) is 5.71 Å². The monoisotopic (exact) mass is 370 g/mol. The van der Waals surface area contributed by atoms with Crippen LogP contribution in [0.15, 0.2) is 83.9 Å². The van der Waals surface area contributed by atoms with Gasteiger partial charge in [0.15, 0.2) is 0 Å². The highest BCUT2D eigenvalue weighted by Gasteiger charge is 2.25. The molecule has 4 rings (SSSR count). The molecule has 1 aliphatic rings. The molecular weight excluding hydrogens is 348 g/mol. The van der Waals surface area contributed by atoms with E-state index in [4.69, 9.17) is 17.2 Å². The Labute approximate surface area is 166 Å². The van der Waals surface area contributed by atoms with Crippen LogP contribution in [0.4, 0.5) is 5.69 Å². The van der Waals surface area contributed by atoms with Gasteiger partial charge in [-0.05, 0) is 29.2 Å². The van der Waals surface area contributed by atoms with Gasteiger partial charge in [0.1, 0.15) is 11.0 Å². The minimum absolute atomic E-state index is 0.0391. The summed E-state index contributed by atoms with van der Waals surface area (Å²) in [6.07, 6.45) is 0. The van der Waals surface area contributed by atoms with Gasteiger partial charge in [-0.3, -0.25) is 4.99 Å². The van der Waals surface area contributed by atoms with Gasteiger partial charge in [0, 0.05) is 16.8 Å². The van der Waals surface area contributed by atoms with Crippen molar-refractivity contribution in [2.75, 3.05) is 5.32 Å². The molecule has 1 heterocycles. The lowest BCUT2D eigenvalue weighted by molar-refractivity contribution is 0.602. The number of benzodiazepines with no additional fused rings is 1. The summed E-state index contributed by atoms with van der Waals surface area (Å²) in [6, 6.07) is 27.2. The lowest BCUT2D eigenvalue weighted by Crippen LogP contribution is -2.28. The van der Waals surface area contributed by atoms with Gasteiger partial charge in [-0.15, -0.1) is 0 Å². The predicted molar refractivity (Wildman–Crippen MR) is 119 cm³/mol. The highest BCUT2D eigenvalue weighted by molar-refractivity contribution is 7.80. The van der Waals surface area contributed by atoms with E-state index in [0.717, 1.165) is 27.5 Å². The Hall–Kier alpha value is -2.78. The highest BCUT2D eigenvalue weighted by atomic mass is 32.1. The van der Waals surface area contributed by atoms with E-state index in [1.807, 2.05) is 12.1 Å². The summed E-state index contributed by atoms with van der Waals surface area (Å²) < 4.78 is 0. The fourth-order valence-electron chi connectivity index (χ4n) is 3.41. The number of hydrogen-bond donors (Lipinski definition) is 1. The zero-order valence-electron chi connectivity index (χ0n) is 15.5. The maximum absolute atomic E-state index is 5.68. The van der Waals surface area contributed by atoms with Gasteiger partial charge in [-0.1, -0.05) is 92.8 Å². The molecule has 0 spiro atoms. The summed E-state index contributed by atoms with van der Waals surface area (Å²) in [5.74, 6) is 0.326. The lowest BCUT2D eigenvalue weighted by atomic mass is 9.96. The van der Waals surface area contributed by atoms with Gasteiger partial charge in [-0.25, -0.2) is 0 Å². The molecule has 0 amide bonds. The van der Waals surface area contributed by atoms with Crippen molar-refractivity contribution in [3.05, 3.63) is 90.0 Å². The Morgan fingerprint density at radius 1 is 0.815 bits per heavy atom. The number of fused-ring (bicyclic) bond motifs is 1. The van der Waals surface area contributed by atoms with Crippen LogP contribution >= 0.6 is 12.2 Å². The SMILES string of the molecule is CC(C)[C@@H]1N=C(c2ccccc2)c2cc(-c3ccccc3)ccc2NC1=S. The maximum Gasteiger partial charge on any atom is 0.105 e. The highest BCUT2D eigenvalue weighted by Crippen LogP contribution is 2.31. The summed E-state index contributed by atoms with van der Waals surface area (Å²) in [7, 11) is 0. The molecule has 0 saturated heterocycles. The molecule has 134 valence electrons. The molecule has 3 aromatic carbocycles.